The third-order valence-corrected chi connectivity index (χ3v) is 5.40. The molecule has 0 amide bonds. The Morgan fingerprint density at radius 2 is 1.91 bits per heavy atom. The van der Waals surface area contributed by atoms with Crippen molar-refractivity contribution < 1.29 is 8.42 Å². The molecule has 1 N–H and O–H groups in total. The largest absolute Gasteiger partial charge is 0.355 e. The molecule has 7 nitrogen and oxygen atoms in total. The van der Waals surface area contributed by atoms with Gasteiger partial charge in [0.25, 0.3) is 0 Å². The summed E-state index contributed by atoms with van der Waals surface area (Å²) in [6.07, 6.45) is 9.86. The number of nitrogens with zero attached hydrogens (tertiary/aromatic N) is 4. The zero-order valence-electron chi connectivity index (χ0n) is 12.7. The zero-order valence-corrected chi connectivity index (χ0v) is 13.5. The summed E-state index contributed by atoms with van der Waals surface area (Å²) in [6.45, 7) is 2.17. The second-order valence-electron chi connectivity index (χ2n) is 5.53. The monoisotopic (exact) mass is 333 g/mol. The van der Waals surface area contributed by atoms with Gasteiger partial charge in [-0.2, -0.15) is 0 Å². The first-order valence-corrected chi connectivity index (χ1v) is 9.04. The SMILES string of the molecule is O=S(=O)(NCC1CCN(c2cnccn2)CC1)c1cccnc1. The second kappa shape index (κ2) is 7.01. The highest BCUT2D eigenvalue weighted by Gasteiger charge is 2.22. The first-order chi connectivity index (χ1) is 11.1. The van der Waals surface area contributed by atoms with Crippen LogP contribution in [0.5, 0.6) is 0 Å². The van der Waals surface area contributed by atoms with E-state index >= 15 is 0 Å². The van der Waals surface area contributed by atoms with Crippen molar-refractivity contribution >= 4 is 15.8 Å². The van der Waals surface area contributed by atoms with Gasteiger partial charge in [-0.25, -0.2) is 18.1 Å². The molecule has 1 fully saturated rings. The maximum Gasteiger partial charge on any atom is 0.242 e. The average Bonchev–Trinajstić information content (AvgIpc) is 2.62. The van der Waals surface area contributed by atoms with Gasteiger partial charge in [-0.05, 0) is 30.9 Å². The highest BCUT2D eigenvalue weighted by Crippen LogP contribution is 2.21. The molecular weight excluding hydrogens is 314 g/mol. The molecule has 3 heterocycles. The number of hydrogen-bond acceptors (Lipinski definition) is 6. The number of piperidine rings is 1. The Hall–Kier alpha value is -2.06. The van der Waals surface area contributed by atoms with Crippen molar-refractivity contribution in [3.8, 4) is 0 Å². The highest BCUT2D eigenvalue weighted by molar-refractivity contribution is 7.89. The average molecular weight is 333 g/mol. The Bertz CT molecular complexity index is 716. The van der Waals surface area contributed by atoms with E-state index in [1.54, 1.807) is 36.9 Å². The molecule has 0 atom stereocenters. The van der Waals surface area contributed by atoms with Gasteiger partial charge in [0, 0.05) is 44.4 Å². The van der Waals surface area contributed by atoms with Crippen LogP contribution in [-0.2, 0) is 10.0 Å². The summed E-state index contributed by atoms with van der Waals surface area (Å²) < 4.78 is 27.0. The molecule has 8 heteroatoms. The Labute approximate surface area is 135 Å². The molecule has 2 aromatic rings. The van der Waals surface area contributed by atoms with Crippen LogP contribution in [0.25, 0.3) is 0 Å². The van der Waals surface area contributed by atoms with Crippen LogP contribution < -0.4 is 9.62 Å². The van der Waals surface area contributed by atoms with E-state index in [0.29, 0.717) is 12.5 Å². The predicted molar refractivity (Wildman–Crippen MR) is 86.4 cm³/mol. The molecule has 0 aromatic carbocycles. The van der Waals surface area contributed by atoms with Crippen LogP contribution in [0.4, 0.5) is 5.82 Å². The molecule has 1 aliphatic heterocycles. The lowest BCUT2D eigenvalue weighted by molar-refractivity contribution is 0.400. The van der Waals surface area contributed by atoms with E-state index < -0.39 is 10.0 Å². The summed E-state index contributed by atoms with van der Waals surface area (Å²) in [5.41, 5.74) is 0. The van der Waals surface area contributed by atoms with Crippen molar-refractivity contribution in [2.45, 2.75) is 17.7 Å². The van der Waals surface area contributed by atoms with Crippen molar-refractivity contribution in [1.29, 1.82) is 0 Å². The first kappa shape index (κ1) is 15.8. The van der Waals surface area contributed by atoms with Gasteiger partial charge in [0.1, 0.15) is 10.7 Å². The number of anilines is 1. The molecule has 1 saturated heterocycles. The molecule has 122 valence electrons. The minimum atomic E-state index is -3.47. The van der Waals surface area contributed by atoms with Gasteiger partial charge in [0.15, 0.2) is 0 Å². The number of aromatic nitrogens is 3. The van der Waals surface area contributed by atoms with Gasteiger partial charge in [0.05, 0.1) is 6.20 Å². The predicted octanol–water partition coefficient (Wildman–Crippen LogP) is 1.07. The van der Waals surface area contributed by atoms with Gasteiger partial charge < -0.3 is 4.90 Å². The van der Waals surface area contributed by atoms with Crippen molar-refractivity contribution in [3.63, 3.8) is 0 Å². The Kier molecular flexibility index (Phi) is 4.82. The Morgan fingerprint density at radius 3 is 2.57 bits per heavy atom. The molecule has 1 aliphatic rings. The minimum Gasteiger partial charge on any atom is -0.355 e. The lowest BCUT2D eigenvalue weighted by atomic mass is 9.97. The quantitative estimate of drug-likeness (QED) is 0.880. The number of rotatable bonds is 5. The van der Waals surface area contributed by atoms with Crippen molar-refractivity contribution in [1.82, 2.24) is 19.7 Å². The van der Waals surface area contributed by atoms with Crippen molar-refractivity contribution in [2.75, 3.05) is 24.5 Å². The summed E-state index contributed by atoms with van der Waals surface area (Å²) >= 11 is 0. The maximum absolute atomic E-state index is 12.2. The van der Waals surface area contributed by atoms with E-state index in [0.717, 1.165) is 31.7 Å². The lowest BCUT2D eigenvalue weighted by Crippen LogP contribution is -2.39. The van der Waals surface area contributed by atoms with Crippen LogP contribution in [-0.4, -0.2) is 43.0 Å². The topological polar surface area (TPSA) is 88.1 Å². The van der Waals surface area contributed by atoms with Crippen LogP contribution in [0, 0.1) is 5.92 Å². The standard InChI is InChI=1S/C15H19N5O2S/c21-23(22,14-2-1-5-16-11-14)19-10-13-3-8-20(9-4-13)15-12-17-6-7-18-15/h1-2,5-7,11-13,19H,3-4,8-10H2. The van der Waals surface area contributed by atoms with E-state index in [4.69, 9.17) is 0 Å². The normalized spacial score (nSPS) is 16.4. The molecule has 0 unspecified atom stereocenters. The van der Waals surface area contributed by atoms with E-state index in [-0.39, 0.29) is 4.90 Å². The Morgan fingerprint density at radius 1 is 1.13 bits per heavy atom. The molecule has 23 heavy (non-hydrogen) atoms. The summed E-state index contributed by atoms with van der Waals surface area (Å²) in [7, 11) is -3.47. The van der Waals surface area contributed by atoms with Crippen LogP contribution in [0.2, 0.25) is 0 Å². The highest BCUT2D eigenvalue weighted by atomic mass is 32.2. The molecular formula is C15H19N5O2S. The summed E-state index contributed by atoms with van der Waals surface area (Å²) in [5, 5.41) is 0. The van der Waals surface area contributed by atoms with Crippen LogP contribution in [0.15, 0.2) is 48.0 Å². The molecule has 0 bridgehead atoms. The summed E-state index contributed by atoms with van der Waals surface area (Å²) in [6, 6.07) is 3.17. The second-order valence-corrected chi connectivity index (χ2v) is 7.30. The van der Waals surface area contributed by atoms with E-state index in [1.807, 2.05) is 0 Å². The third kappa shape index (κ3) is 4.02. The summed E-state index contributed by atoms with van der Waals surface area (Å²) in [4.78, 5) is 14.6. The minimum absolute atomic E-state index is 0.206. The van der Waals surface area contributed by atoms with Crippen LogP contribution in [0.1, 0.15) is 12.8 Å². The van der Waals surface area contributed by atoms with Gasteiger partial charge >= 0.3 is 0 Å². The smallest absolute Gasteiger partial charge is 0.242 e. The lowest BCUT2D eigenvalue weighted by Gasteiger charge is -2.32. The third-order valence-electron chi connectivity index (χ3n) is 3.99. The van der Waals surface area contributed by atoms with E-state index in [9.17, 15) is 8.42 Å². The van der Waals surface area contributed by atoms with Gasteiger partial charge in [-0.3, -0.25) is 9.97 Å². The molecule has 0 aliphatic carbocycles. The maximum atomic E-state index is 12.2. The van der Waals surface area contributed by atoms with Gasteiger partial charge in [0.2, 0.25) is 10.0 Å². The number of hydrogen-bond donors (Lipinski definition) is 1. The van der Waals surface area contributed by atoms with Crippen LogP contribution in [0.3, 0.4) is 0 Å². The molecule has 0 spiro atoms. The van der Waals surface area contributed by atoms with Gasteiger partial charge in [-0.1, -0.05) is 0 Å². The van der Waals surface area contributed by atoms with Crippen molar-refractivity contribution in [3.05, 3.63) is 43.1 Å². The fourth-order valence-electron chi connectivity index (χ4n) is 2.64. The number of sulfonamides is 1. The molecule has 2 aromatic heterocycles. The fourth-order valence-corrected chi connectivity index (χ4v) is 3.72. The van der Waals surface area contributed by atoms with E-state index in [2.05, 4.69) is 24.6 Å². The molecule has 3 rings (SSSR count). The summed E-state index contributed by atoms with van der Waals surface area (Å²) in [5.74, 6) is 1.20. The zero-order chi connectivity index (χ0) is 16.1. The fraction of sp³-hybridized carbons (Fsp3) is 0.400. The van der Waals surface area contributed by atoms with Crippen molar-refractivity contribution in [2.24, 2.45) is 5.92 Å². The van der Waals surface area contributed by atoms with Gasteiger partial charge in [-0.15, -0.1) is 0 Å². The number of pyridine rings is 1. The first-order valence-electron chi connectivity index (χ1n) is 7.56. The molecule has 0 radical (unpaired) electrons. The number of nitrogens with one attached hydrogen (secondary N) is 1. The Balaban J connectivity index is 1.52. The molecule has 0 saturated carbocycles. The van der Waals surface area contributed by atoms with Crippen LogP contribution >= 0.6 is 0 Å². The van der Waals surface area contributed by atoms with E-state index in [1.165, 1.54) is 6.20 Å².